The molecule has 0 heterocycles. The first-order chi connectivity index (χ1) is 7.75. The van der Waals surface area contributed by atoms with Gasteiger partial charge in [-0.3, -0.25) is 0 Å². The first-order valence-corrected chi connectivity index (χ1v) is 6.31. The SMILES string of the molecule is CC(Nc1cccc(O)c1)C1CCCCC1. The minimum Gasteiger partial charge on any atom is -0.508 e. The van der Waals surface area contributed by atoms with Gasteiger partial charge < -0.3 is 10.4 Å². The van der Waals surface area contributed by atoms with Crippen LogP contribution in [0.15, 0.2) is 24.3 Å². The number of aromatic hydroxyl groups is 1. The monoisotopic (exact) mass is 219 g/mol. The molecule has 0 amide bonds. The Morgan fingerprint density at radius 1 is 1.25 bits per heavy atom. The molecule has 1 saturated carbocycles. The summed E-state index contributed by atoms with van der Waals surface area (Å²) >= 11 is 0. The van der Waals surface area contributed by atoms with Crippen LogP contribution in [0.25, 0.3) is 0 Å². The van der Waals surface area contributed by atoms with E-state index in [1.165, 1.54) is 32.1 Å². The zero-order valence-corrected chi connectivity index (χ0v) is 9.95. The topological polar surface area (TPSA) is 32.3 Å². The number of rotatable bonds is 3. The second-order valence-electron chi connectivity index (χ2n) is 4.88. The Balaban J connectivity index is 1.93. The van der Waals surface area contributed by atoms with Crippen LogP contribution in [-0.4, -0.2) is 11.1 Å². The third-order valence-corrected chi connectivity index (χ3v) is 3.60. The van der Waals surface area contributed by atoms with Crippen LogP contribution in [0.1, 0.15) is 39.0 Å². The molecule has 0 radical (unpaired) electrons. The highest BCUT2D eigenvalue weighted by Gasteiger charge is 2.19. The molecule has 1 aliphatic carbocycles. The molecular formula is C14H21NO. The lowest BCUT2D eigenvalue weighted by Crippen LogP contribution is -2.27. The van der Waals surface area contributed by atoms with Gasteiger partial charge in [-0.25, -0.2) is 0 Å². The number of hydrogen-bond donors (Lipinski definition) is 2. The molecule has 1 unspecified atom stereocenters. The van der Waals surface area contributed by atoms with E-state index in [0.29, 0.717) is 11.8 Å². The maximum Gasteiger partial charge on any atom is 0.117 e. The summed E-state index contributed by atoms with van der Waals surface area (Å²) in [7, 11) is 0. The Morgan fingerprint density at radius 3 is 2.69 bits per heavy atom. The number of benzene rings is 1. The summed E-state index contributed by atoms with van der Waals surface area (Å²) in [6.07, 6.45) is 6.82. The average Bonchev–Trinajstić information content (AvgIpc) is 2.30. The van der Waals surface area contributed by atoms with E-state index in [2.05, 4.69) is 12.2 Å². The van der Waals surface area contributed by atoms with Gasteiger partial charge in [0.15, 0.2) is 0 Å². The Kier molecular flexibility index (Phi) is 3.70. The number of hydrogen-bond acceptors (Lipinski definition) is 2. The maximum absolute atomic E-state index is 9.40. The predicted octanol–water partition coefficient (Wildman–Crippen LogP) is 3.77. The van der Waals surface area contributed by atoms with Gasteiger partial charge in [0.2, 0.25) is 0 Å². The minimum atomic E-state index is 0.334. The fraction of sp³-hybridized carbons (Fsp3) is 0.571. The van der Waals surface area contributed by atoms with E-state index in [1.54, 1.807) is 12.1 Å². The van der Waals surface area contributed by atoms with Gasteiger partial charge in [0.05, 0.1) is 0 Å². The second-order valence-corrected chi connectivity index (χ2v) is 4.88. The molecule has 2 heteroatoms. The Hall–Kier alpha value is -1.18. The van der Waals surface area contributed by atoms with Crippen molar-refractivity contribution in [3.8, 4) is 5.75 Å². The molecular weight excluding hydrogens is 198 g/mol. The van der Waals surface area contributed by atoms with Crippen molar-refractivity contribution in [2.24, 2.45) is 5.92 Å². The van der Waals surface area contributed by atoms with Gasteiger partial charge in [-0.2, -0.15) is 0 Å². The number of nitrogens with one attached hydrogen (secondary N) is 1. The fourth-order valence-electron chi connectivity index (χ4n) is 2.61. The van der Waals surface area contributed by atoms with E-state index in [9.17, 15) is 5.11 Å². The second kappa shape index (κ2) is 5.24. The van der Waals surface area contributed by atoms with Gasteiger partial charge in [-0.15, -0.1) is 0 Å². The lowest BCUT2D eigenvalue weighted by Gasteiger charge is -2.29. The Bertz CT molecular complexity index is 331. The number of anilines is 1. The van der Waals surface area contributed by atoms with Crippen LogP contribution in [0.2, 0.25) is 0 Å². The van der Waals surface area contributed by atoms with Crippen LogP contribution < -0.4 is 5.32 Å². The Labute approximate surface area is 97.7 Å². The van der Waals surface area contributed by atoms with Crippen molar-refractivity contribution in [1.29, 1.82) is 0 Å². The molecule has 16 heavy (non-hydrogen) atoms. The van der Waals surface area contributed by atoms with Crippen LogP contribution >= 0.6 is 0 Å². The summed E-state index contributed by atoms with van der Waals surface area (Å²) in [4.78, 5) is 0. The molecule has 1 fully saturated rings. The molecule has 1 aromatic rings. The third-order valence-electron chi connectivity index (χ3n) is 3.60. The van der Waals surface area contributed by atoms with Crippen molar-refractivity contribution < 1.29 is 5.11 Å². The molecule has 0 saturated heterocycles. The number of phenols is 1. The van der Waals surface area contributed by atoms with Gasteiger partial charge in [-0.05, 0) is 37.8 Å². The first-order valence-electron chi connectivity index (χ1n) is 6.31. The highest BCUT2D eigenvalue weighted by molar-refractivity contribution is 5.48. The van der Waals surface area contributed by atoms with Crippen molar-refractivity contribution in [2.75, 3.05) is 5.32 Å². The number of phenolic OH excluding ortho intramolecular Hbond substituents is 1. The van der Waals surface area contributed by atoms with Crippen molar-refractivity contribution in [3.63, 3.8) is 0 Å². The predicted molar refractivity (Wildman–Crippen MR) is 67.8 cm³/mol. The van der Waals surface area contributed by atoms with Gasteiger partial charge in [0.1, 0.15) is 5.75 Å². The molecule has 0 spiro atoms. The molecule has 2 nitrogen and oxygen atoms in total. The molecule has 2 N–H and O–H groups in total. The van der Waals surface area contributed by atoms with E-state index in [1.807, 2.05) is 12.1 Å². The van der Waals surface area contributed by atoms with Crippen molar-refractivity contribution in [3.05, 3.63) is 24.3 Å². The molecule has 1 aliphatic rings. The standard InChI is InChI=1S/C14H21NO/c1-11(12-6-3-2-4-7-12)15-13-8-5-9-14(16)10-13/h5,8-12,15-16H,2-4,6-7H2,1H3. The molecule has 1 atom stereocenters. The molecule has 0 aromatic heterocycles. The fourth-order valence-corrected chi connectivity index (χ4v) is 2.61. The Morgan fingerprint density at radius 2 is 2.00 bits per heavy atom. The summed E-state index contributed by atoms with van der Waals surface area (Å²) in [5.41, 5.74) is 1.03. The van der Waals surface area contributed by atoms with E-state index in [0.717, 1.165) is 11.6 Å². The summed E-state index contributed by atoms with van der Waals surface area (Å²) in [6.45, 7) is 2.25. The van der Waals surface area contributed by atoms with Crippen molar-refractivity contribution >= 4 is 5.69 Å². The molecule has 1 aromatic carbocycles. The van der Waals surface area contributed by atoms with Crippen molar-refractivity contribution in [1.82, 2.24) is 0 Å². The zero-order valence-electron chi connectivity index (χ0n) is 9.95. The zero-order chi connectivity index (χ0) is 11.4. The van der Waals surface area contributed by atoms with Crippen molar-refractivity contribution in [2.45, 2.75) is 45.1 Å². The van der Waals surface area contributed by atoms with E-state index in [4.69, 9.17) is 0 Å². The maximum atomic E-state index is 9.40. The highest BCUT2D eigenvalue weighted by Crippen LogP contribution is 2.28. The summed E-state index contributed by atoms with van der Waals surface area (Å²) in [6, 6.07) is 7.89. The summed E-state index contributed by atoms with van der Waals surface area (Å²) in [5.74, 6) is 1.12. The van der Waals surface area contributed by atoms with Gasteiger partial charge in [-0.1, -0.05) is 25.3 Å². The lowest BCUT2D eigenvalue weighted by atomic mass is 9.84. The molecule has 0 bridgehead atoms. The largest absolute Gasteiger partial charge is 0.508 e. The lowest BCUT2D eigenvalue weighted by molar-refractivity contribution is 0.328. The van der Waals surface area contributed by atoms with Gasteiger partial charge in [0, 0.05) is 17.8 Å². The molecule has 0 aliphatic heterocycles. The summed E-state index contributed by atoms with van der Waals surface area (Å²) in [5, 5.41) is 12.9. The van der Waals surface area contributed by atoms with Crippen LogP contribution in [0, 0.1) is 5.92 Å². The van der Waals surface area contributed by atoms with Crippen LogP contribution in [0.3, 0.4) is 0 Å². The molecule has 2 rings (SSSR count). The van der Waals surface area contributed by atoms with Crippen LogP contribution in [0.5, 0.6) is 5.75 Å². The molecule has 88 valence electrons. The highest BCUT2D eigenvalue weighted by atomic mass is 16.3. The van der Waals surface area contributed by atoms with Crippen LogP contribution in [0.4, 0.5) is 5.69 Å². The first kappa shape index (κ1) is 11.3. The van der Waals surface area contributed by atoms with Gasteiger partial charge in [0.25, 0.3) is 0 Å². The normalized spacial score (nSPS) is 19.3. The van der Waals surface area contributed by atoms with Crippen LogP contribution in [-0.2, 0) is 0 Å². The van der Waals surface area contributed by atoms with E-state index < -0.39 is 0 Å². The third kappa shape index (κ3) is 2.91. The summed E-state index contributed by atoms with van der Waals surface area (Å²) < 4.78 is 0. The quantitative estimate of drug-likeness (QED) is 0.811. The van der Waals surface area contributed by atoms with E-state index in [-0.39, 0.29) is 0 Å². The smallest absolute Gasteiger partial charge is 0.117 e. The minimum absolute atomic E-state index is 0.334. The average molecular weight is 219 g/mol. The van der Waals surface area contributed by atoms with Gasteiger partial charge >= 0.3 is 0 Å². The van der Waals surface area contributed by atoms with E-state index >= 15 is 0 Å².